The third kappa shape index (κ3) is 1.98. The summed E-state index contributed by atoms with van der Waals surface area (Å²) in [5.41, 5.74) is 4.08. The molecule has 0 radical (unpaired) electrons. The fraction of sp³-hybridized carbons (Fsp3) is 0.214. The molecule has 0 saturated heterocycles. The molecule has 5 heteroatoms. The van der Waals surface area contributed by atoms with Crippen LogP contribution in [0.15, 0.2) is 37.1 Å². The average Bonchev–Trinajstić information content (AvgIpc) is 2.77. The number of hydrogen-bond acceptors (Lipinski definition) is 4. The summed E-state index contributed by atoms with van der Waals surface area (Å²) in [5, 5.41) is 4.27. The highest BCUT2D eigenvalue weighted by molar-refractivity contribution is 5.93. The molecule has 0 aliphatic carbocycles. The molecule has 3 aromatic rings. The molecule has 0 unspecified atom stereocenters. The zero-order valence-electron chi connectivity index (χ0n) is 11.0. The smallest absolute Gasteiger partial charge is 0.144 e. The lowest BCUT2D eigenvalue weighted by Crippen LogP contribution is -2.04. The largest absolute Gasteiger partial charge is 0.335 e. The van der Waals surface area contributed by atoms with Crippen molar-refractivity contribution in [3.63, 3.8) is 0 Å². The van der Waals surface area contributed by atoms with Gasteiger partial charge in [-0.3, -0.25) is 4.98 Å². The molecule has 3 rings (SSSR count). The zero-order chi connectivity index (χ0) is 13.2. The summed E-state index contributed by atoms with van der Waals surface area (Å²) >= 11 is 0. The van der Waals surface area contributed by atoms with Gasteiger partial charge in [-0.05, 0) is 24.7 Å². The number of hydrogen-bond donors (Lipinski definition) is 1. The summed E-state index contributed by atoms with van der Waals surface area (Å²) in [6.07, 6.45) is 7.29. The first-order chi connectivity index (χ1) is 9.31. The lowest BCUT2D eigenvalue weighted by molar-refractivity contribution is 0.815. The standard InChI is InChI=1S/C14H15N5/c1-15-6-11-8-19(2)14-12(11)13(17-9-18-14)10-4-3-5-16-7-10/h3-5,7-9,15H,6H2,1-2H3. The van der Waals surface area contributed by atoms with Gasteiger partial charge in [-0.1, -0.05) is 0 Å². The van der Waals surface area contributed by atoms with Gasteiger partial charge in [-0.25, -0.2) is 9.97 Å². The summed E-state index contributed by atoms with van der Waals surface area (Å²) in [5.74, 6) is 0. The Morgan fingerprint density at radius 3 is 2.95 bits per heavy atom. The predicted octanol–water partition coefficient (Wildman–Crippen LogP) is 1.75. The van der Waals surface area contributed by atoms with Gasteiger partial charge in [-0.2, -0.15) is 0 Å². The lowest BCUT2D eigenvalue weighted by Gasteiger charge is -2.04. The second kappa shape index (κ2) is 4.78. The van der Waals surface area contributed by atoms with E-state index in [1.54, 1.807) is 12.5 Å². The number of aromatic nitrogens is 4. The van der Waals surface area contributed by atoms with Gasteiger partial charge >= 0.3 is 0 Å². The van der Waals surface area contributed by atoms with Gasteiger partial charge in [0.2, 0.25) is 0 Å². The van der Waals surface area contributed by atoms with Crippen molar-refractivity contribution in [3.05, 3.63) is 42.6 Å². The second-order valence-corrected chi connectivity index (χ2v) is 4.46. The van der Waals surface area contributed by atoms with Crippen LogP contribution in [0.2, 0.25) is 0 Å². The van der Waals surface area contributed by atoms with E-state index < -0.39 is 0 Å². The van der Waals surface area contributed by atoms with E-state index in [9.17, 15) is 0 Å². The van der Waals surface area contributed by atoms with E-state index >= 15 is 0 Å². The van der Waals surface area contributed by atoms with Crippen LogP contribution in [0.25, 0.3) is 22.3 Å². The Morgan fingerprint density at radius 2 is 2.21 bits per heavy atom. The van der Waals surface area contributed by atoms with E-state index in [1.807, 2.05) is 37.0 Å². The monoisotopic (exact) mass is 253 g/mol. The fourth-order valence-electron chi connectivity index (χ4n) is 2.35. The Hall–Kier alpha value is -2.27. The summed E-state index contributed by atoms with van der Waals surface area (Å²) in [7, 11) is 3.94. The van der Waals surface area contributed by atoms with Crippen LogP contribution in [-0.4, -0.2) is 26.6 Å². The Bertz CT molecular complexity index is 702. The molecule has 0 fully saturated rings. The normalized spacial score (nSPS) is 11.1. The number of aryl methyl sites for hydroxylation is 1. The van der Waals surface area contributed by atoms with Crippen LogP contribution in [0.4, 0.5) is 0 Å². The first-order valence-electron chi connectivity index (χ1n) is 6.15. The molecule has 0 spiro atoms. The Kier molecular flexibility index (Phi) is 2.97. The lowest BCUT2D eigenvalue weighted by atomic mass is 10.1. The summed E-state index contributed by atoms with van der Waals surface area (Å²) in [6.45, 7) is 0.790. The summed E-state index contributed by atoms with van der Waals surface area (Å²) in [6, 6.07) is 3.94. The van der Waals surface area contributed by atoms with Crippen LogP contribution in [-0.2, 0) is 13.6 Å². The molecule has 0 aliphatic heterocycles. The van der Waals surface area contributed by atoms with Crippen LogP contribution in [0.5, 0.6) is 0 Å². The Balaban J connectivity index is 2.30. The van der Waals surface area contributed by atoms with Crippen LogP contribution in [0, 0.1) is 0 Å². The molecule has 96 valence electrons. The highest BCUT2D eigenvalue weighted by Crippen LogP contribution is 2.28. The first kappa shape index (κ1) is 11.8. The molecule has 19 heavy (non-hydrogen) atoms. The van der Waals surface area contributed by atoms with Crippen LogP contribution >= 0.6 is 0 Å². The Labute approximate surface area is 111 Å². The van der Waals surface area contributed by atoms with Crippen LogP contribution in [0.1, 0.15) is 5.56 Å². The molecule has 0 aliphatic rings. The minimum atomic E-state index is 0.790. The van der Waals surface area contributed by atoms with Gasteiger partial charge in [0.1, 0.15) is 12.0 Å². The molecular weight excluding hydrogens is 238 g/mol. The highest BCUT2D eigenvalue weighted by Gasteiger charge is 2.14. The maximum atomic E-state index is 4.44. The number of fused-ring (bicyclic) bond motifs is 1. The van der Waals surface area contributed by atoms with Crippen molar-refractivity contribution >= 4 is 11.0 Å². The molecule has 5 nitrogen and oxygen atoms in total. The van der Waals surface area contributed by atoms with E-state index in [4.69, 9.17) is 0 Å². The molecular formula is C14H15N5. The number of rotatable bonds is 3. The SMILES string of the molecule is CNCc1cn(C)c2ncnc(-c3cccnc3)c12. The third-order valence-corrected chi connectivity index (χ3v) is 3.13. The van der Waals surface area contributed by atoms with Gasteiger partial charge in [0.15, 0.2) is 0 Å². The minimum absolute atomic E-state index is 0.790. The second-order valence-electron chi connectivity index (χ2n) is 4.46. The van der Waals surface area contributed by atoms with E-state index in [0.29, 0.717) is 0 Å². The number of pyridine rings is 1. The predicted molar refractivity (Wildman–Crippen MR) is 74.5 cm³/mol. The van der Waals surface area contributed by atoms with Gasteiger partial charge in [0.25, 0.3) is 0 Å². The molecule has 0 saturated carbocycles. The summed E-state index contributed by atoms with van der Waals surface area (Å²) < 4.78 is 2.03. The van der Waals surface area contributed by atoms with Crippen molar-refractivity contribution < 1.29 is 0 Å². The highest BCUT2D eigenvalue weighted by atomic mass is 15.0. The molecule has 0 aromatic carbocycles. The van der Waals surface area contributed by atoms with Crippen molar-refractivity contribution in [1.29, 1.82) is 0 Å². The minimum Gasteiger partial charge on any atom is -0.335 e. The van der Waals surface area contributed by atoms with Crippen molar-refractivity contribution in [2.75, 3.05) is 7.05 Å². The van der Waals surface area contributed by atoms with Gasteiger partial charge in [-0.15, -0.1) is 0 Å². The maximum absolute atomic E-state index is 4.44. The number of nitrogens with zero attached hydrogens (tertiary/aromatic N) is 4. The van der Waals surface area contributed by atoms with Gasteiger partial charge in [0, 0.05) is 43.1 Å². The van der Waals surface area contributed by atoms with Crippen LogP contribution in [0.3, 0.4) is 0 Å². The van der Waals surface area contributed by atoms with E-state index in [1.165, 1.54) is 5.56 Å². The van der Waals surface area contributed by atoms with Crippen molar-refractivity contribution in [2.45, 2.75) is 6.54 Å². The topological polar surface area (TPSA) is 55.6 Å². The Morgan fingerprint density at radius 1 is 1.32 bits per heavy atom. The van der Waals surface area contributed by atoms with Gasteiger partial charge < -0.3 is 9.88 Å². The molecule has 3 heterocycles. The first-order valence-corrected chi connectivity index (χ1v) is 6.15. The number of nitrogens with one attached hydrogen (secondary N) is 1. The zero-order valence-corrected chi connectivity index (χ0v) is 11.0. The van der Waals surface area contributed by atoms with Crippen molar-refractivity contribution in [3.8, 4) is 11.3 Å². The van der Waals surface area contributed by atoms with E-state index in [0.717, 1.165) is 28.8 Å². The molecule has 1 N–H and O–H groups in total. The van der Waals surface area contributed by atoms with Crippen molar-refractivity contribution in [2.24, 2.45) is 7.05 Å². The molecule has 3 aromatic heterocycles. The van der Waals surface area contributed by atoms with Crippen LogP contribution < -0.4 is 5.32 Å². The molecule has 0 amide bonds. The van der Waals surface area contributed by atoms with Crippen molar-refractivity contribution in [1.82, 2.24) is 24.8 Å². The molecule has 0 bridgehead atoms. The summed E-state index contributed by atoms with van der Waals surface area (Å²) in [4.78, 5) is 13.0. The van der Waals surface area contributed by atoms with E-state index in [2.05, 4.69) is 26.5 Å². The van der Waals surface area contributed by atoms with Gasteiger partial charge in [0.05, 0.1) is 5.69 Å². The van der Waals surface area contributed by atoms with E-state index in [-0.39, 0.29) is 0 Å². The third-order valence-electron chi connectivity index (χ3n) is 3.13. The maximum Gasteiger partial charge on any atom is 0.144 e. The average molecular weight is 253 g/mol. The fourth-order valence-corrected chi connectivity index (χ4v) is 2.35. The molecule has 0 atom stereocenters. The quantitative estimate of drug-likeness (QED) is 0.772.